The van der Waals surface area contributed by atoms with Crippen LogP contribution in [0.25, 0.3) is 0 Å². The number of carbonyl (C=O) groups is 2. The van der Waals surface area contributed by atoms with Crippen LogP contribution in [0.2, 0.25) is 0 Å². The lowest BCUT2D eigenvalue weighted by atomic mass is 10.1. The highest BCUT2D eigenvalue weighted by Gasteiger charge is 2.07. The molecule has 0 heterocycles. The van der Waals surface area contributed by atoms with Gasteiger partial charge < -0.3 is 10.4 Å². The van der Waals surface area contributed by atoms with Crippen LogP contribution in [0.1, 0.15) is 22.3 Å². The molecule has 1 amide bonds. The van der Waals surface area contributed by atoms with Gasteiger partial charge in [0.15, 0.2) is 0 Å². The van der Waals surface area contributed by atoms with E-state index in [9.17, 15) is 14.0 Å². The second kappa shape index (κ2) is 6.65. The van der Waals surface area contributed by atoms with Crippen molar-refractivity contribution in [2.75, 3.05) is 5.32 Å². The number of hydrogen-bond acceptors (Lipinski definition) is 2. The molecule has 2 aromatic carbocycles. The third-order valence-corrected chi connectivity index (χ3v) is 2.93. The first-order valence-electron chi connectivity index (χ1n) is 6.42. The van der Waals surface area contributed by atoms with E-state index in [4.69, 9.17) is 5.11 Å². The summed E-state index contributed by atoms with van der Waals surface area (Å²) in [6.07, 6.45) is 0.502. The maximum Gasteiger partial charge on any atom is 0.303 e. The minimum atomic E-state index is -0.849. The fourth-order valence-electron chi connectivity index (χ4n) is 1.84. The molecule has 0 unspecified atom stereocenters. The quantitative estimate of drug-likeness (QED) is 0.888. The van der Waals surface area contributed by atoms with Gasteiger partial charge in [-0.3, -0.25) is 9.59 Å². The van der Waals surface area contributed by atoms with Gasteiger partial charge in [-0.1, -0.05) is 18.2 Å². The highest BCUT2D eigenvalue weighted by atomic mass is 19.1. The van der Waals surface area contributed by atoms with E-state index < -0.39 is 17.7 Å². The summed E-state index contributed by atoms with van der Waals surface area (Å²) in [5.41, 5.74) is 1.69. The highest BCUT2D eigenvalue weighted by Crippen LogP contribution is 2.13. The van der Waals surface area contributed by atoms with Crippen LogP contribution >= 0.6 is 0 Å². The molecule has 4 nitrogen and oxygen atoms in total. The van der Waals surface area contributed by atoms with Gasteiger partial charge in [0.1, 0.15) is 5.82 Å². The number of amides is 1. The summed E-state index contributed by atoms with van der Waals surface area (Å²) in [6.45, 7) is 0. The van der Waals surface area contributed by atoms with Crippen molar-refractivity contribution in [1.82, 2.24) is 0 Å². The number of carboxylic acids is 1. The smallest absolute Gasteiger partial charge is 0.303 e. The van der Waals surface area contributed by atoms with Crippen molar-refractivity contribution in [2.45, 2.75) is 12.8 Å². The van der Waals surface area contributed by atoms with Gasteiger partial charge >= 0.3 is 5.97 Å². The minimum Gasteiger partial charge on any atom is -0.481 e. The number of halogens is 1. The summed E-state index contributed by atoms with van der Waals surface area (Å²) in [5.74, 6) is -1.71. The first-order chi connectivity index (χ1) is 10.0. The molecule has 0 saturated carbocycles. The minimum absolute atomic E-state index is 0.0645. The van der Waals surface area contributed by atoms with Crippen molar-refractivity contribution in [1.29, 1.82) is 0 Å². The van der Waals surface area contributed by atoms with Gasteiger partial charge in [-0.25, -0.2) is 4.39 Å². The van der Waals surface area contributed by atoms with Gasteiger partial charge in [0.05, 0.1) is 0 Å². The van der Waals surface area contributed by atoms with Crippen molar-refractivity contribution in [3.8, 4) is 0 Å². The lowest BCUT2D eigenvalue weighted by molar-refractivity contribution is -0.136. The summed E-state index contributed by atoms with van der Waals surface area (Å²) in [4.78, 5) is 22.4. The molecular formula is C16H14FNO3. The predicted molar refractivity (Wildman–Crippen MR) is 76.8 cm³/mol. The molecule has 0 fully saturated rings. The molecule has 5 heteroatoms. The Kier molecular flexibility index (Phi) is 4.66. The zero-order chi connectivity index (χ0) is 15.2. The van der Waals surface area contributed by atoms with Crippen LogP contribution in [0.15, 0.2) is 48.5 Å². The summed E-state index contributed by atoms with van der Waals surface area (Å²) in [7, 11) is 0. The Bertz CT molecular complexity index is 653. The monoisotopic (exact) mass is 287 g/mol. The van der Waals surface area contributed by atoms with Crippen LogP contribution in [-0.4, -0.2) is 17.0 Å². The first-order valence-corrected chi connectivity index (χ1v) is 6.42. The molecule has 21 heavy (non-hydrogen) atoms. The molecule has 0 bridgehead atoms. The standard InChI is InChI=1S/C16H14FNO3/c17-13-3-1-2-12(10-13)16(21)18-14-7-4-11(5-8-14)6-9-15(19)20/h1-5,7-8,10H,6,9H2,(H,18,21)(H,19,20). The Balaban J connectivity index is 2.00. The molecule has 0 saturated heterocycles. The van der Waals surface area contributed by atoms with E-state index >= 15 is 0 Å². The van der Waals surface area contributed by atoms with Crippen LogP contribution in [0.3, 0.4) is 0 Å². The summed E-state index contributed by atoms with van der Waals surface area (Å²) in [6, 6.07) is 12.3. The van der Waals surface area contributed by atoms with Gasteiger partial charge in [-0.15, -0.1) is 0 Å². The molecule has 0 aliphatic heterocycles. The van der Waals surface area contributed by atoms with Crippen LogP contribution in [-0.2, 0) is 11.2 Å². The lowest BCUT2D eigenvalue weighted by Gasteiger charge is -2.06. The number of aryl methyl sites for hydroxylation is 1. The van der Waals surface area contributed by atoms with E-state index in [1.807, 2.05) is 0 Å². The Morgan fingerprint density at radius 3 is 2.43 bits per heavy atom. The number of anilines is 1. The number of nitrogens with one attached hydrogen (secondary N) is 1. The molecule has 0 spiro atoms. The van der Waals surface area contributed by atoms with Crippen LogP contribution in [0.5, 0.6) is 0 Å². The van der Waals surface area contributed by atoms with E-state index in [-0.39, 0.29) is 12.0 Å². The Morgan fingerprint density at radius 1 is 1.10 bits per heavy atom. The Labute approximate surface area is 121 Å². The summed E-state index contributed by atoms with van der Waals surface area (Å²) in [5, 5.41) is 11.3. The second-order valence-electron chi connectivity index (χ2n) is 4.56. The van der Waals surface area contributed by atoms with E-state index in [2.05, 4.69) is 5.32 Å². The zero-order valence-corrected chi connectivity index (χ0v) is 11.2. The fourth-order valence-corrected chi connectivity index (χ4v) is 1.84. The number of hydrogen-bond donors (Lipinski definition) is 2. The van der Waals surface area contributed by atoms with Crippen molar-refractivity contribution in [3.63, 3.8) is 0 Å². The molecule has 2 aromatic rings. The third kappa shape index (κ3) is 4.42. The molecule has 0 aromatic heterocycles. The number of carbonyl (C=O) groups excluding carboxylic acids is 1. The third-order valence-electron chi connectivity index (χ3n) is 2.93. The average Bonchev–Trinajstić information content (AvgIpc) is 2.46. The SMILES string of the molecule is O=C(O)CCc1ccc(NC(=O)c2cccc(F)c2)cc1. The number of benzene rings is 2. The van der Waals surface area contributed by atoms with Gasteiger partial charge in [0.25, 0.3) is 5.91 Å². The van der Waals surface area contributed by atoms with E-state index in [0.717, 1.165) is 11.6 Å². The van der Waals surface area contributed by atoms with E-state index in [1.54, 1.807) is 24.3 Å². The molecular weight excluding hydrogens is 273 g/mol. The maximum absolute atomic E-state index is 13.0. The van der Waals surface area contributed by atoms with E-state index in [0.29, 0.717) is 12.1 Å². The van der Waals surface area contributed by atoms with E-state index in [1.165, 1.54) is 18.2 Å². The Hall–Kier alpha value is -2.69. The topological polar surface area (TPSA) is 66.4 Å². The highest BCUT2D eigenvalue weighted by molar-refractivity contribution is 6.04. The molecule has 2 N–H and O–H groups in total. The van der Waals surface area contributed by atoms with Gasteiger partial charge in [-0.05, 0) is 42.3 Å². The van der Waals surface area contributed by atoms with Crippen molar-refractivity contribution < 1.29 is 19.1 Å². The van der Waals surface area contributed by atoms with Gasteiger partial charge in [0.2, 0.25) is 0 Å². The van der Waals surface area contributed by atoms with Crippen molar-refractivity contribution >= 4 is 17.6 Å². The lowest BCUT2D eigenvalue weighted by Crippen LogP contribution is -2.12. The second-order valence-corrected chi connectivity index (χ2v) is 4.56. The molecule has 0 radical (unpaired) electrons. The summed E-state index contributed by atoms with van der Waals surface area (Å²) < 4.78 is 13.0. The molecule has 0 aliphatic rings. The zero-order valence-electron chi connectivity index (χ0n) is 11.2. The largest absolute Gasteiger partial charge is 0.481 e. The van der Waals surface area contributed by atoms with Gasteiger partial charge in [-0.2, -0.15) is 0 Å². The maximum atomic E-state index is 13.0. The summed E-state index contributed by atoms with van der Waals surface area (Å²) >= 11 is 0. The van der Waals surface area contributed by atoms with Crippen molar-refractivity contribution in [3.05, 3.63) is 65.5 Å². The fraction of sp³-hybridized carbons (Fsp3) is 0.125. The average molecular weight is 287 g/mol. The number of aliphatic carboxylic acids is 1. The normalized spacial score (nSPS) is 10.1. The van der Waals surface area contributed by atoms with Gasteiger partial charge in [0, 0.05) is 17.7 Å². The predicted octanol–water partition coefficient (Wildman–Crippen LogP) is 3.10. The Morgan fingerprint density at radius 2 is 1.81 bits per heavy atom. The molecule has 0 aliphatic carbocycles. The van der Waals surface area contributed by atoms with Crippen LogP contribution in [0, 0.1) is 5.82 Å². The van der Waals surface area contributed by atoms with Crippen LogP contribution < -0.4 is 5.32 Å². The number of rotatable bonds is 5. The first kappa shape index (κ1) is 14.7. The van der Waals surface area contributed by atoms with Crippen LogP contribution in [0.4, 0.5) is 10.1 Å². The molecule has 0 atom stereocenters. The van der Waals surface area contributed by atoms with Crippen molar-refractivity contribution in [2.24, 2.45) is 0 Å². The number of carboxylic acid groups (broad SMARTS) is 1. The molecule has 2 rings (SSSR count). The molecule has 108 valence electrons.